The van der Waals surface area contributed by atoms with Gasteiger partial charge in [-0.3, -0.25) is 4.79 Å². The molecule has 0 saturated heterocycles. The third kappa shape index (κ3) is 2.58. The number of carbonyl (C=O) groups is 1. The molecule has 0 fully saturated rings. The normalized spacial score (nSPS) is 10.8. The molecule has 1 aromatic heterocycles. The van der Waals surface area contributed by atoms with Gasteiger partial charge in [-0.25, -0.2) is 0 Å². The maximum absolute atomic E-state index is 12.9. The number of benzene rings is 3. The van der Waals surface area contributed by atoms with Crippen LogP contribution in [0.5, 0.6) is 0 Å². The number of rotatable bonds is 3. The fraction of sp³-hybridized carbons (Fsp3) is 0. The van der Waals surface area contributed by atoms with Gasteiger partial charge in [0.15, 0.2) is 5.78 Å². The largest absolute Gasteiger partial charge is 0.289 e. The SMILES string of the molecule is O=C(c1ccccc1)c1ccccc1-c1cc2ccccc2s1. The summed E-state index contributed by atoms with van der Waals surface area (Å²) >= 11 is 1.72. The van der Waals surface area contributed by atoms with E-state index in [1.54, 1.807) is 11.3 Å². The number of fused-ring (bicyclic) bond motifs is 1. The van der Waals surface area contributed by atoms with Crippen molar-refractivity contribution in [3.05, 3.63) is 96.1 Å². The van der Waals surface area contributed by atoms with Crippen LogP contribution in [0.25, 0.3) is 20.5 Å². The summed E-state index contributed by atoms with van der Waals surface area (Å²) < 4.78 is 1.24. The van der Waals surface area contributed by atoms with Gasteiger partial charge >= 0.3 is 0 Å². The van der Waals surface area contributed by atoms with E-state index in [1.807, 2.05) is 66.7 Å². The van der Waals surface area contributed by atoms with E-state index in [1.165, 1.54) is 10.1 Å². The zero-order valence-electron chi connectivity index (χ0n) is 12.4. The Morgan fingerprint density at radius 2 is 1.43 bits per heavy atom. The second-order valence-corrected chi connectivity index (χ2v) is 6.47. The lowest BCUT2D eigenvalue weighted by atomic mass is 9.97. The first-order chi connectivity index (χ1) is 11.3. The standard InChI is InChI=1S/C21H14OS/c22-21(15-8-2-1-3-9-15)18-12-6-5-11-17(18)20-14-16-10-4-7-13-19(16)23-20/h1-14H. The first-order valence-electron chi connectivity index (χ1n) is 7.51. The van der Waals surface area contributed by atoms with Crippen LogP contribution in [0.1, 0.15) is 15.9 Å². The van der Waals surface area contributed by atoms with Gasteiger partial charge in [-0.05, 0) is 17.5 Å². The summed E-state index contributed by atoms with van der Waals surface area (Å²) in [5, 5.41) is 1.22. The van der Waals surface area contributed by atoms with Crippen LogP contribution < -0.4 is 0 Å². The Labute approximate surface area is 138 Å². The molecule has 0 saturated carbocycles. The lowest BCUT2D eigenvalue weighted by Crippen LogP contribution is -2.02. The highest BCUT2D eigenvalue weighted by molar-refractivity contribution is 7.22. The van der Waals surface area contributed by atoms with Crippen molar-refractivity contribution in [2.45, 2.75) is 0 Å². The highest BCUT2D eigenvalue weighted by Crippen LogP contribution is 2.35. The molecule has 23 heavy (non-hydrogen) atoms. The van der Waals surface area contributed by atoms with Crippen molar-refractivity contribution in [2.24, 2.45) is 0 Å². The molecule has 0 N–H and O–H groups in total. The predicted molar refractivity (Wildman–Crippen MR) is 97.1 cm³/mol. The number of hydrogen-bond acceptors (Lipinski definition) is 2. The van der Waals surface area contributed by atoms with Crippen molar-refractivity contribution in [3.8, 4) is 10.4 Å². The number of thiophene rings is 1. The lowest BCUT2D eigenvalue weighted by molar-refractivity contribution is 0.103. The average molecular weight is 314 g/mol. The molecule has 0 radical (unpaired) electrons. The highest BCUT2D eigenvalue weighted by atomic mass is 32.1. The zero-order chi connectivity index (χ0) is 15.6. The van der Waals surface area contributed by atoms with Crippen molar-refractivity contribution in [3.63, 3.8) is 0 Å². The molecule has 0 aliphatic rings. The molecular formula is C21H14OS. The summed E-state index contributed by atoms with van der Waals surface area (Å²) in [6, 6.07) is 27.8. The maximum Gasteiger partial charge on any atom is 0.193 e. The van der Waals surface area contributed by atoms with Crippen LogP contribution in [0.3, 0.4) is 0 Å². The van der Waals surface area contributed by atoms with E-state index < -0.39 is 0 Å². The third-order valence-electron chi connectivity index (χ3n) is 3.90. The Morgan fingerprint density at radius 1 is 0.739 bits per heavy atom. The fourth-order valence-electron chi connectivity index (χ4n) is 2.76. The molecule has 0 amide bonds. The van der Waals surface area contributed by atoms with Crippen LogP contribution in [-0.2, 0) is 0 Å². The monoisotopic (exact) mass is 314 g/mol. The first-order valence-corrected chi connectivity index (χ1v) is 8.32. The van der Waals surface area contributed by atoms with E-state index in [4.69, 9.17) is 0 Å². The van der Waals surface area contributed by atoms with Crippen molar-refractivity contribution in [1.29, 1.82) is 0 Å². The van der Waals surface area contributed by atoms with Gasteiger partial charge < -0.3 is 0 Å². The van der Waals surface area contributed by atoms with Crippen molar-refractivity contribution in [1.82, 2.24) is 0 Å². The van der Waals surface area contributed by atoms with Crippen LogP contribution in [0.15, 0.2) is 84.9 Å². The van der Waals surface area contributed by atoms with Gasteiger partial charge in [0, 0.05) is 26.3 Å². The van der Waals surface area contributed by atoms with Crippen LogP contribution >= 0.6 is 11.3 Å². The summed E-state index contributed by atoms with van der Waals surface area (Å²) in [6.45, 7) is 0. The number of hydrogen-bond donors (Lipinski definition) is 0. The Bertz CT molecular complexity index is 950. The molecule has 2 heteroatoms. The summed E-state index contributed by atoms with van der Waals surface area (Å²) in [4.78, 5) is 14.0. The quantitative estimate of drug-likeness (QED) is 0.437. The molecule has 1 heterocycles. The van der Waals surface area contributed by atoms with Crippen LogP contribution in [-0.4, -0.2) is 5.78 Å². The fourth-order valence-corrected chi connectivity index (χ4v) is 3.86. The predicted octanol–water partition coefficient (Wildman–Crippen LogP) is 5.80. The van der Waals surface area contributed by atoms with E-state index in [2.05, 4.69) is 18.2 Å². The Kier molecular flexibility index (Phi) is 3.52. The molecule has 1 nitrogen and oxygen atoms in total. The molecule has 0 unspecified atom stereocenters. The molecule has 0 bridgehead atoms. The van der Waals surface area contributed by atoms with E-state index in [-0.39, 0.29) is 5.78 Å². The van der Waals surface area contributed by atoms with Crippen molar-refractivity contribution in [2.75, 3.05) is 0 Å². The summed E-state index contributed by atoms with van der Waals surface area (Å²) in [6.07, 6.45) is 0. The van der Waals surface area contributed by atoms with Crippen molar-refractivity contribution < 1.29 is 4.79 Å². The molecule has 0 aliphatic carbocycles. The second-order valence-electron chi connectivity index (χ2n) is 5.39. The minimum absolute atomic E-state index is 0.0682. The van der Waals surface area contributed by atoms with Gasteiger partial charge in [0.25, 0.3) is 0 Å². The van der Waals surface area contributed by atoms with Gasteiger partial charge in [-0.15, -0.1) is 11.3 Å². The highest BCUT2D eigenvalue weighted by Gasteiger charge is 2.15. The van der Waals surface area contributed by atoms with Crippen molar-refractivity contribution >= 4 is 27.2 Å². The van der Waals surface area contributed by atoms with Gasteiger partial charge in [0.2, 0.25) is 0 Å². The molecule has 0 aliphatic heterocycles. The second kappa shape index (κ2) is 5.82. The lowest BCUT2D eigenvalue weighted by Gasteiger charge is -2.07. The smallest absolute Gasteiger partial charge is 0.193 e. The van der Waals surface area contributed by atoms with E-state index in [9.17, 15) is 4.79 Å². The summed E-state index contributed by atoms with van der Waals surface area (Å²) in [5.41, 5.74) is 2.48. The Balaban J connectivity index is 1.85. The average Bonchev–Trinajstić information content (AvgIpc) is 3.06. The molecular weight excluding hydrogens is 300 g/mol. The first kappa shape index (κ1) is 13.9. The Hall–Kier alpha value is -2.71. The number of carbonyl (C=O) groups excluding carboxylic acids is 1. The van der Waals surface area contributed by atoms with Crippen LogP contribution in [0.2, 0.25) is 0 Å². The van der Waals surface area contributed by atoms with Crippen LogP contribution in [0, 0.1) is 0 Å². The molecule has 110 valence electrons. The Morgan fingerprint density at radius 3 is 2.26 bits per heavy atom. The summed E-state index contributed by atoms with van der Waals surface area (Å²) in [5.74, 6) is 0.0682. The minimum Gasteiger partial charge on any atom is -0.289 e. The third-order valence-corrected chi connectivity index (χ3v) is 5.05. The summed E-state index contributed by atoms with van der Waals surface area (Å²) in [7, 11) is 0. The number of ketones is 1. The van der Waals surface area contributed by atoms with Gasteiger partial charge in [-0.2, -0.15) is 0 Å². The van der Waals surface area contributed by atoms with Gasteiger partial charge in [-0.1, -0.05) is 72.8 Å². The van der Waals surface area contributed by atoms with E-state index in [0.29, 0.717) is 0 Å². The van der Waals surface area contributed by atoms with E-state index >= 15 is 0 Å². The zero-order valence-corrected chi connectivity index (χ0v) is 13.2. The molecule has 3 aromatic carbocycles. The molecule has 4 rings (SSSR count). The molecule has 4 aromatic rings. The molecule has 0 spiro atoms. The van der Waals surface area contributed by atoms with E-state index in [0.717, 1.165) is 21.6 Å². The minimum atomic E-state index is 0.0682. The maximum atomic E-state index is 12.9. The molecule has 0 atom stereocenters. The topological polar surface area (TPSA) is 17.1 Å². The van der Waals surface area contributed by atoms with Gasteiger partial charge in [0.05, 0.1) is 0 Å². The van der Waals surface area contributed by atoms with Crippen LogP contribution in [0.4, 0.5) is 0 Å². The van der Waals surface area contributed by atoms with Gasteiger partial charge in [0.1, 0.15) is 0 Å².